The lowest BCUT2D eigenvalue weighted by atomic mass is 10.2. The normalized spacial score (nSPS) is 10.9. The average molecular weight is 314 g/mol. The number of nitrogen functional groups attached to an aromatic ring is 1. The Labute approximate surface area is 119 Å². The molecule has 3 nitrogen and oxygen atoms in total. The zero-order valence-corrected chi connectivity index (χ0v) is 13.2. The van der Waals surface area contributed by atoms with Gasteiger partial charge in [-0.2, -0.15) is 0 Å². The smallest absolute Gasteiger partial charge is 0.0489 e. The topological polar surface area (TPSA) is 41.3 Å². The Morgan fingerprint density at radius 2 is 2.00 bits per heavy atom. The summed E-state index contributed by atoms with van der Waals surface area (Å²) in [5, 5.41) is 3.46. The van der Waals surface area contributed by atoms with Crippen molar-refractivity contribution in [2.45, 2.75) is 27.2 Å². The van der Waals surface area contributed by atoms with Gasteiger partial charge in [0.05, 0.1) is 0 Å². The number of anilines is 2. The first kappa shape index (κ1) is 15.3. The summed E-state index contributed by atoms with van der Waals surface area (Å²) in [7, 11) is 0. The quantitative estimate of drug-likeness (QED) is 0.757. The van der Waals surface area contributed by atoms with Gasteiger partial charge in [0, 0.05) is 28.9 Å². The monoisotopic (exact) mass is 313 g/mol. The van der Waals surface area contributed by atoms with Gasteiger partial charge in [-0.15, -0.1) is 0 Å². The summed E-state index contributed by atoms with van der Waals surface area (Å²) in [6.07, 6.45) is 1.21. The maximum Gasteiger partial charge on any atom is 0.0489 e. The van der Waals surface area contributed by atoms with Crippen LogP contribution < -0.4 is 11.1 Å². The van der Waals surface area contributed by atoms with Crippen LogP contribution in [0.25, 0.3) is 0 Å². The molecule has 0 bridgehead atoms. The van der Waals surface area contributed by atoms with Gasteiger partial charge in [0.15, 0.2) is 0 Å². The summed E-state index contributed by atoms with van der Waals surface area (Å²) in [5.74, 6) is 0. The molecule has 0 spiro atoms. The highest BCUT2D eigenvalue weighted by molar-refractivity contribution is 9.10. The molecule has 18 heavy (non-hydrogen) atoms. The van der Waals surface area contributed by atoms with Crippen LogP contribution in [-0.4, -0.2) is 31.1 Å². The number of hydrogen-bond donors (Lipinski definition) is 2. The molecular formula is C14H24BrN3. The summed E-state index contributed by atoms with van der Waals surface area (Å²) in [4.78, 5) is 2.45. The zero-order chi connectivity index (χ0) is 13.5. The minimum Gasteiger partial charge on any atom is -0.398 e. The molecule has 0 aliphatic rings. The van der Waals surface area contributed by atoms with Gasteiger partial charge in [-0.25, -0.2) is 0 Å². The molecule has 0 saturated carbocycles. The number of rotatable bonds is 7. The molecule has 0 amide bonds. The Kier molecular flexibility index (Phi) is 6.50. The van der Waals surface area contributed by atoms with Crippen molar-refractivity contribution >= 4 is 27.3 Å². The molecule has 0 unspecified atom stereocenters. The van der Waals surface area contributed by atoms with Gasteiger partial charge < -0.3 is 16.0 Å². The largest absolute Gasteiger partial charge is 0.398 e. The number of benzene rings is 1. The zero-order valence-electron chi connectivity index (χ0n) is 11.6. The number of aryl methyl sites for hydroxylation is 1. The molecule has 0 saturated heterocycles. The third-order valence-electron chi connectivity index (χ3n) is 3.09. The van der Waals surface area contributed by atoms with E-state index in [1.807, 2.05) is 13.0 Å². The molecule has 0 radical (unpaired) electrons. The van der Waals surface area contributed by atoms with Crippen LogP contribution >= 0.6 is 15.9 Å². The SMILES string of the molecule is CCCN(CC)CCNc1cc(C)c(N)cc1Br. The second-order valence-corrected chi connectivity index (χ2v) is 5.40. The van der Waals surface area contributed by atoms with Crippen LogP contribution in [0.2, 0.25) is 0 Å². The molecule has 0 heterocycles. The summed E-state index contributed by atoms with van der Waals surface area (Å²) in [6.45, 7) is 10.8. The van der Waals surface area contributed by atoms with Crippen LogP contribution in [0.15, 0.2) is 16.6 Å². The lowest BCUT2D eigenvalue weighted by molar-refractivity contribution is 0.300. The van der Waals surface area contributed by atoms with E-state index in [-0.39, 0.29) is 0 Å². The van der Waals surface area contributed by atoms with Crippen molar-refractivity contribution in [2.24, 2.45) is 0 Å². The lowest BCUT2D eigenvalue weighted by Crippen LogP contribution is -2.29. The highest BCUT2D eigenvalue weighted by Crippen LogP contribution is 2.27. The van der Waals surface area contributed by atoms with E-state index in [4.69, 9.17) is 5.73 Å². The second kappa shape index (κ2) is 7.64. The fourth-order valence-electron chi connectivity index (χ4n) is 1.93. The Bertz CT molecular complexity index is 380. The first-order valence-electron chi connectivity index (χ1n) is 6.60. The van der Waals surface area contributed by atoms with Crippen LogP contribution in [0, 0.1) is 6.92 Å². The van der Waals surface area contributed by atoms with Crippen LogP contribution in [-0.2, 0) is 0 Å². The number of nitrogens with zero attached hydrogens (tertiary/aromatic N) is 1. The van der Waals surface area contributed by atoms with Crippen molar-refractivity contribution < 1.29 is 0 Å². The minimum atomic E-state index is 0.827. The summed E-state index contributed by atoms with van der Waals surface area (Å²) < 4.78 is 1.03. The Morgan fingerprint density at radius 1 is 1.28 bits per heavy atom. The molecule has 4 heteroatoms. The number of nitrogens with two attached hydrogens (primary N) is 1. The maximum absolute atomic E-state index is 5.86. The van der Waals surface area contributed by atoms with Gasteiger partial charge in [-0.3, -0.25) is 0 Å². The van der Waals surface area contributed by atoms with Crippen LogP contribution in [0.4, 0.5) is 11.4 Å². The number of hydrogen-bond acceptors (Lipinski definition) is 3. The van der Waals surface area contributed by atoms with Gasteiger partial charge in [-0.05, 0) is 60.1 Å². The van der Waals surface area contributed by atoms with Crippen LogP contribution in [0.1, 0.15) is 25.8 Å². The first-order chi connectivity index (χ1) is 8.58. The van der Waals surface area contributed by atoms with Gasteiger partial charge in [0.1, 0.15) is 0 Å². The van der Waals surface area contributed by atoms with Crippen molar-refractivity contribution in [1.82, 2.24) is 4.90 Å². The Hall–Kier alpha value is -0.740. The molecule has 3 N–H and O–H groups in total. The van der Waals surface area contributed by atoms with Gasteiger partial charge >= 0.3 is 0 Å². The van der Waals surface area contributed by atoms with Crippen molar-refractivity contribution in [1.29, 1.82) is 0 Å². The average Bonchev–Trinajstić information content (AvgIpc) is 2.34. The maximum atomic E-state index is 5.86. The fourth-order valence-corrected chi connectivity index (χ4v) is 2.43. The van der Waals surface area contributed by atoms with E-state index < -0.39 is 0 Å². The lowest BCUT2D eigenvalue weighted by Gasteiger charge is -2.20. The molecule has 0 aliphatic heterocycles. The Morgan fingerprint density at radius 3 is 2.61 bits per heavy atom. The number of likely N-dealkylation sites (N-methyl/N-ethyl adjacent to an activating group) is 1. The molecule has 0 atom stereocenters. The molecule has 0 fully saturated rings. The van der Waals surface area contributed by atoms with E-state index >= 15 is 0 Å². The highest BCUT2D eigenvalue weighted by Gasteiger charge is 2.04. The van der Waals surface area contributed by atoms with E-state index in [9.17, 15) is 0 Å². The fraction of sp³-hybridized carbons (Fsp3) is 0.571. The van der Waals surface area contributed by atoms with E-state index in [0.717, 1.165) is 41.0 Å². The summed E-state index contributed by atoms with van der Waals surface area (Å²) >= 11 is 3.54. The minimum absolute atomic E-state index is 0.827. The molecule has 102 valence electrons. The molecule has 0 aromatic heterocycles. The number of nitrogens with one attached hydrogen (secondary N) is 1. The predicted molar refractivity (Wildman–Crippen MR) is 84.2 cm³/mol. The second-order valence-electron chi connectivity index (χ2n) is 4.55. The summed E-state index contributed by atoms with van der Waals surface area (Å²) in [5.41, 5.74) is 8.92. The molecule has 1 aromatic carbocycles. The summed E-state index contributed by atoms with van der Waals surface area (Å²) in [6, 6.07) is 4.05. The molecular weight excluding hydrogens is 290 g/mol. The van der Waals surface area contributed by atoms with Crippen molar-refractivity contribution in [3.63, 3.8) is 0 Å². The third kappa shape index (κ3) is 4.50. The van der Waals surface area contributed by atoms with Crippen LogP contribution in [0.3, 0.4) is 0 Å². The van der Waals surface area contributed by atoms with E-state index in [1.54, 1.807) is 0 Å². The predicted octanol–water partition coefficient (Wildman–Crippen LogP) is 3.48. The highest BCUT2D eigenvalue weighted by atomic mass is 79.9. The van der Waals surface area contributed by atoms with Crippen molar-refractivity contribution in [3.8, 4) is 0 Å². The van der Waals surface area contributed by atoms with E-state index in [1.165, 1.54) is 13.0 Å². The molecule has 0 aliphatic carbocycles. The van der Waals surface area contributed by atoms with Gasteiger partial charge in [-0.1, -0.05) is 13.8 Å². The van der Waals surface area contributed by atoms with E-state index in [0.29, 0.717) is 0 Å². The van der Waals surface area contributed by atoms with Crippen molar-refractivity contribution in [3.05, 3.63) is 22.2 Å². The Balaban J connectivity index is 2.51. The number of halogens is 1. The van der Waals surface area contributed by atoms with E-state index in [2.05, 4.69) is 46.1 Å². The van der Waals surface area contributed by atoms with Gasteiger partial charge in [0.25, 0.3) is 0 Å². The standard InChI is InChI=1S/C14H24BrN3/c1-4-7-18(5-2)8-6-17-14-9-11(3)13(16)10-12(14)15/h9-10,17H,4-8,16H2,1-3H3. The molecule has 1 aromatic rings. The first-order valence-corrected chi connectivity index (χ1v) is 7.39. The van der Waals surface area contributed by atoms with Gasteiger partial charge in [0.2, 0.25) is 0 Å². The van der Waals surface area contributed by atoms with Crippen LogP contribution in [0.5, 0.6) is 0 Å². The third-order valence-corrected chi connectivity index (χ3v) is 3.74. The molecule has 1 rings (SSSR count). The van der Waals surface area contributed by atoms with Crippen molar-refractivity contribution in [2.75, 3.05) is 37.2 Å².